The maximum atomic E-state index is 5.92. The van der Waals surface area contributed by atoms with Crippen molar-refractivity contribution in [1.29, 1.82) is 0 Å². The predicted octanol–water partition coefficient (Wildman–Crippen LogP) is 6.37. The number of rotatable bonds is 4. The van der Waals surface area contributed by atoms with Crippen LogP contribution in [0.1, 0.15) is 66.5 Å². The fourth-order valence-corrected chi connectivity index (χ4v) is 2.75. The van der Waals surface area contributed by atoms with Crippen molar-refractivity contribution in [3.05, 3.63) is 59.7 Å². The molecule has 2 heteroatoms. The highest BCUT2D eigenvalue weighted by molar-refractivity contribution is 5.42. The molecule has 0 fully saturated rings. The van der Waals surface area contributed by atoms with Crippen molar-refractivity contribution in [2.24, 2.45) is 0 Å². The molecule has 0 saturated heterocycles. The van der Waals surface area contributed by atoms with E-state index in [4.69, 9.17) is 9.47 Å². The van der Waals surface area contributed by atoms with Gasteiger partial charge in [0.05, 0.1) is 0 Å². The SMILES string of the molecule is CC(C)(C)Oc1ccc(C(C)(C)c2ccc(OC(C)(C)C)cc2)cc1. The highest BCUT2D eigenvalue weighted by Gasteiger charge is 2.24. The molecule has 0 unspecified atom stereocenters. The Morgan fingerprint density at radius 3 is 1.00 bits per heavy atom. The third kappa shape index (κ3) is 5.52. The molecule has 0 bridgehead atoms. The van der Waals surface area contributed by atoms with Crippen LogP contribution < -0.4 is 9.47 Å². The van der Waals surface area contributed by atoms with Crippen molar-refractivity contribution in [2.45, 2.75) is 72.0 Å². The van der Waals surface area contributed by atoms with Crippen LogP contribution >= 0.6 is 0 Å². The van der Waals surface area contributed by atoms with Gasteiger partial charge in [-0.05, 0) is 76.9 Å². The molecule has 2 nitrogen and oxygen atoms in total. The summed E-state index contributed by atoms with van der Waals surface area (Å²) in [5.41, 5.74) is 2.08. The first-order chi connectivity index (χ1) is 11.4. The molecule has 0 aromatic heterocycles. The quantitative estimate of drug-likeness (QED) is 0.644. The van der Waals surface area contributed by atoms with Gasteiger partial charge in [-0.2, -0.15) is 0 Å². The van der Waals surface area contributed by atoms with E-state index in [0.717, 1.165) is 11.5 Å². The molecule has 136 valence electrons. The number of ether oxygens (including phenoxy) is 2. The van der Waals surface area contributed by atoms with Crippen LogP contribution in [0.15, 0.2) is 48.5 Å². The van der Waals surface area contributed by atoms with E-state index in [1.165, 1.54) is 11.1 Å². The molecular weight excluding hydrogens is 308 g/mol. The summed E-state index contributed by atoms with van der Waals surface area (Å²) < 4.78 is 11.8. The molecule has 0 radical (unpaired) electrons. The summed E-state index contributed by atoms with van der Waals surface area (Å²) in [4.78, 5) is 0. The summed E-state index contributed by atoms with van der Waals surface area (Å²) in [7, 11) is 0. The second kappa shape index (κ2) is 6.74. The fourth-order valence-electron chi connectivity index (χ4n) is 2.75. The van der Waals surface area contributed by atoms with E-state index in [-0.39, 0.29) is 16.6 Å². The zero-order chi connectivity index (χ0) is 18.9. The summed E-state index contributed by atoms with van der Waals surface area (Å²) in [6.45, 7) is 16.9. The lowest BCUT2D eigenvalue weighted by Crippen LogP contribution is -2.23. The van der Waals surface area contributed by atoms with Gasteiger partial charge in [0, 0.05) is 5.41 Å². The van der Waals surface area contributed by atoms with Crippen LogP contribution in [-0.2, 0) is 5.41 Å². The third-order valence-corrected chi connectivity index (χ3v) is 4.00. The maximum absolute atomic E-state index is 5.92. The van der Waals surface area contributed by atoms with E-state index in [9.17, 15) is 0 Å². The van der Waals surface area contributed by atoms with E-state index in [2.05, 4.69) is 104 Å². The molecule has 0 spiro atoms. The van der Waals surface area contributed by atoms with Gasteiger partial charge in [-0.15, -0.1) is 0 Å². The molecule has 0 aliphatic heterocycles. The van der Waals surface area contributed by atoms with Gasteiger partial charge >= 0.3 is 0 Å². The minimum absolute atomic E-state index is 0.0828. The van der Waals surface area contributed by atoms with Crippen molar-refractivity contribution >= 4 is 0 Å². The van der Waals surface area contributed by atoms with E-state index in [0.29, 0.717) is 0 Å². The Morgan fingerprint density at radius 1 is 0.480 bits per heavy atom. The normalized spacial score (nSPS) is 12.8. The highest BCUT2D eigenvalue weighted by atomic mass is 16.5. The van der Waals surface area contributed by atoms with Crippen LogP contribution in [0.4, 0.5) is 0 Å². The summed E-state index contributed by atoms with van der Waals surface area (Å²) in [5.74, 6) is 1.81. The lowest BCUT2D eigenvalue weighted by atomic mass is 9.78. The summed E-state index contributed by atoms with van der Waals surface area (Å²) in [5, 5.41) is 0. The van der Waals surface area contributed by atoms with Crippen molar-refractivity contribution in [1.82, 2.24) is 0 Å². The van der Waals surface area contributed by atoms with E-state index in [1.807, 2.05) is 0 Å². The zero-order valence-electron chi connectivity index (χ0n) is 16.9. The van der Waals surface area contributed by atoms with Gasteiger partial charge in [0.25, 0.3) is 0 Å². The second-order valence-electron chi connectivity index (χ2n) is 9.10. The van der Waals surface area contributed by atoms with Gasteiger partial charge in [-0.3, -0.25) is 0 Å². The molecule has 0 saturated carbocycles. The Morgan fingerprint density at radius 2 is 0.760 bits per heavy atom. The molecule has 2 rings (SSSR count). The monoisotopic (exact) mass is 340 g/mol. The van der Waals surface area contributed by atoms with Crippen LogP contribution in [0.5, 0.6) is 11.5 Å². The van der Waals surface area contributed by atoms with Crippen LogP contribution in [0.25, 0.3) is 0 Å². The summed E-state index contributed by atoms with van der Waals surface area (Å²) in [6.07, 6.45) is 0. The molecule has 0 aliphatic carbocycles. The van der Waals surface area contributed by atoms with Crippen molar-refractivity contribution < 1.29 is 9.47 Å². The Bertz CT molecular complexity index is 619. The number of hydrogen-bond acceptors (Lipinski definition) is 2. The summed E-state index contributed by atoms with van der Waals surface area (Å²) in [6, 6.07) is 16.8. The molecule has 0 aliphatic rings. The molecule has 0 heterocycles. The van der Waals surface area contributed by atoms with Crippen LogP contribution in [0.2, 0.25) is 0 Å². The molecule has 25 heavy (non-hydrogen) atoms. The largest absolute Gasteiger partial charge is 0.488 e. The Hall–Kier alpha value is -1.96. The van der Waals surface area contributed by atoms with Gasteiger partial charge in [0.2, 0.25) is 0 Å². The molecule has 2 aromatic carbocycles. The number of hydrogen-bond donors (Lipinski definition) is 0. The molecule has 0 amide bonds. The first-order valence-electron chi connectivity index (χ1n) is 8.96. The minimum Gasteiger partial charge on any atom is -0.488 e. The predicted molar refractivity (Wildman–Crippen MR) is 106 cm³/mol. The van der Waals surface area contributed by atoms with Crippen molar-refractivity contribution in [3.63, 3.8) is 0 Å². The first kappa shape index (κ1) is 19.4. The van der Waals surface area contributed by atoms with Crippen LogP contribution in [-0.4, -0.2) is 11.2 Å². The molecule has 2 aromatic rings. The molecule has 0 N–H and O–H groups in total. The summed E-state index contributed by atoms with van der Waals surface area (Å²) >= 11 is 0. The first-order valence-corrected chi connectivity index (χ1v) is 8.96. The Balaban J connectivity index is 2.20. The third-order valence-electron chi connectivity index (χ3n) is 4.00. The van der Waals surface area contributed by atoms with E-state index in [1.54, 1.807) is 0 Å². The average molecular weight is 341 g/mol. The van der Waals surface area contributed by atoms with Gasteiger partial charge in [0.1, 0.15) is 22.7 Å². The van der Waals surface area contributed by atoms with Gasteiger partial charge in [-0.25, -0.2) is 0 Å². The van der Waals surface area contributed by atoms with Gasteiger partial charge in [-0.1, -0.05) is 38.1 Å². The smallest absolute Gasteiger partial charge is 0.120 e. The average Bonchev–Trinajstić information content (AvgIpc) is 2.45. The Kier molecular flexibility index (Phi) is 5.22. The zero-order valence-corrected chi connectivity index (χ0v) is 16.9. The standard InChI is InChI=1S/C23H32O2/c1-21(2,3)24-19-13-9-17(10-14-19)23(7,8)18-11-15-20(16-12-18)25-22(4,5)6/h9-16H,1-8H3. The Labute approximate surface area is 153 Å². The lowest BCUT2D eigenvalue weighted by molar-refractivity contribution is 0.130. The molecular formula is C23H32O2. The van der Waals surface area contributed by atoms with Crippen LogP contribution in [0, 0.1) is 0 Å². The molecule has 0 atom stereocenters. The number of benzene rings is 2. The second-order valence-corrected chi connectivity index (χ2v) is 9.10. The van der Waals surface area contributed by atoms with Crippen molar-refractivity contribution in [2.75, 3.05) is 0 Å². The van der Waals surface area contributed by atoms with Gasteiger partial charge in [0.15, 0.2) is 0 Å². The lowest BCUT2D eigenvalue weighted by Gasteiger charge is -2.28. The minimum atomic E-state index is -0.181. The topological polar surface area (TPSA) is 18.5 Å². The van der Waals surface area contributed by atoms with Gasteiger partial charge < -0.3 is 9.47 Å². The fraction of sp³-hybridized carbons (Fsp3) is 0.478. The highest BCUT2D eigenvalue weighted by Crippen LogP contribution is 2.34. The maximum Gasteiger partial charge on any atom is 0.120 e. The van der Waals surface area contributed by atoms with E-state index < -0.39 is 0 Å². The van der Waals surface area contributed by atoms with Crippen LogP contribution in [0.3, 0.4) is 0 Å². The van der Waals surface area contributed by atoms with Crippen molar-refractivity contribution in [3.8, 4) is 11.5 Å². The van der Waals surface area contributed by atoms with E-state index >= 15 is 0 Å².